The van der Waals surface area contributed by atoms with Crippen molar-refractivity contribution in [1.29, 1.82) is 0 Å². The third-order valence-corrected chi connectivity index (χ3v) is 2.83. The van der Waals surface area contributed by atoms with Gasteiger partial charge in [0, 0.05) is 17.9 Å². The van der Waals surface area contributed by atoms with Gasteiger partial charge >= 0.3 is 0 Å². The molecule has 0 unspecified atom stereocenters. The number of alkyl halides is 1. The molecule has 0 aromatic heterocycles. The van der Waals surface area contributed by atoms with Crippen molar-refractivity contribution >= 4 is 28.5 Å². The topological polar surface area (TPSA) is 29.1 Å². The third kappa shape index (κ3) is 4.64. The summed E-state index contributed by atoms with van der Waals surface area (Å²) in [5.74, 6) is 0.106. The second kappa shape index (κ2) is 6.82. The second-order valence-electron chi connectivity index (χ2n) is 3.43. The van der Waals surface area contributed by atoms with E-state index in [1.54, 1.807) is 7.05 Å². The Morgan fingerprint density at radius 3 is 2.60 bits per heavy atom. The Balaban J connectivity index is 2.53. The predicted molar refractivity (Wildman–Crippen MR) is 71.4 cm³/mol. The van der Waals surface area contributed by atoms with Crippen LogP contribution in [0.5, 0.6) is 0 Å². The number of aryl methyl sites for hydroxylation is 2. The van der Waals surface area contributed by atoms with Crippen molar-refractivity contribution in [1.82, 2.24) is 5.32 Å². The Kier molecular flexibility index (Phi) is 5.68. The molecule has 0 saturated heterocycles. The first-order chi connectivity index (χ1) is 7.26. The zero-order chi connectivity index (χ0) is 11.1. The Bertz CT molecular complexity index is 325. The van der Waals surface area contributed by atoms with Crippen molar-refractivity contribution in [3.63, 3.8) is 0 Å². The molecular formula is C12H16INO. The summed E-state index contributed by atoms with van der Waals surface area (Å²) in [6.45, 7) is 0. The maximum absolute atomic E-state index is 11.1. The number of hydrogen-bond acceptors (Lipinski definition) is 1. The molecule has 0 heterocycles. The molecule has 1 aromatic rings. The first kappa shape index (κ1) is 12.5. The van der Waals surface area contributed by atoms with Gasteiger partial charge in [0.05, 0.1) is 0 Å². The molecule has 0 fully saturated rings. The van der Waals surface area contributed by atoms with Gasteiger partial charge in [0.25, 0.3) is 0 Å². The standard InChI is InChI=1S/C12H16INO/c1-14-12(15)6-5-10-3-2-4-11(9-10)7-8-13/h2-4,9H,5-8H2,1H3,(H,14,15). The molecule has 1 aromatic carbocycles. The fourth-order valence-electron chi connectivity index (χ4n) is 1.43. The molecule has 0 aliphatic rings. The molecule has 3 heteroatoms. The summed E-state index contributed by atoms with van der Waals surface area (Å²) < 4.78 is 1.14. The van der Waals surface area contributed by atoms with Gasteiger partial charge in [-0.25, -0.2) is 0 Å². The number of nitrogens with one attached hydrogen (secondary N) is 1. The van der Waals surface area contributed by atoms with Crippen molar-refractivity contribution in [2.75, 3.05) is 11.5 Å². The van der Waals surface area contributed by atoms with Crippen molar-refractivity contribution in [3.8, 4) is 0 Å². The van der Waals surface area contributed by atoms with Crippen LogP contribution in [0.4, 0.5) is 0 Å². The fourth-order valence-corrected chi connectivity index (χ4v) is 2.06. The molecule has 1 amide bonds. The smallest absolute Gasteiger partial charge is 0.220 e. The third-order valence-electron chi connectivity index (χ3n) is 2.29. The first-order valence-electron chi connectivity index (χ1n) is 5.10. The Hall–Kier alpha value is -0.580. The number of halogens is 1. The largest absolute Gasteiger partial charge is 0.359 e. The predicted octanol–water partition coefficient (Wildman–Crippen LogP) is 2.34. The number of amides is 1. The van der Waals surface area contributed by atoms with E-state index in [-0.39, 0.29) is 5.91 Å². The van der Waals surface area contributed by atoms with Gasteiger partial charge in [-0.3, -0.25) is 4.79 Å². The van der Waals surface area contributed by atoms with Gasteiger partial charge in [0.1, 0.15) is 0 Å². The average Bonchev–Trinajstić information content (AvgIpc) is 2.27. The summed E-state index contributed by atoms with van der Waals surface area (Å²) in [5.41, 5.74) is 2.61. The Labute approximate surface area is 105 Å². The van der Waals surface area contributed by atoms with Crippen LogP contribution in [0.25, 0.3) is 0 Å². The van der Waals surface area contributed by atoms with E-state index < -0.39 is 0 Å². The molecule has 2 nitrogen and oxygen atoms in total. The summed E-state index contributed by atoms with van der Waals surface area (Å²) in [4.78, 5) is 11.1. The fraction of sp³-hybridized carbons (Fsp3) is 0.417. The molecule has 0 aliphatic heterocycles. The Morgan fingerprint density at radius 2 is 2.00 bits per heavy atom. The van der Waals surface area contributed by atoms with Crippen molar-refractivity contribution in [2.24, 2.45) is 0 Å². The van der Waals surface area contributed by atoms with E-state index >= 15 is 0 Å². The van der Waals surface area contributed by atoms with Crippen LogP contribution in [0.1, 0.15) is 17.5 Å². The van der Waals surface area contributed by atoms with Gasteiger partial charge in [0.15, 0.2) is 0 Å². The lowest BCUT2D eigenvalue weighted by atomic mass is 10.1. The van der Waals surface area contributed by atoms with Gasteiger partial charge < -0.3 is 5.32 Å². The normalized spacial score (nSPS) is 10.0. The maximum Gasteiger partial charge on any atom is 0.220 e. The number of hydrogen-bond donors (Lipinski definition) is 1. The quantitative estimate of drug-likeness (QED) is 0.655. The van der Waals surface area contributed by atoms with Crippen LogP contribution in [-0.4, -0.2) is 17.4 Å². The number of carbonyl (C=O) groups is 1. The summed E-state index contributed by atoms with van der Waals surface area (Å²) in [6.07, 6.45) is 2.51. The highest BCUT2D eigenvalue weighted by atomic mass is 127. The summed E-state index contributed by atoms with van der Waals surface area (Å²) in [5, 5.41) is 2.63. The lowest BCUT2D eigenvalue weighted by Gasteiger charge is -2.03. The number of carbonyl (C=O) groups excluding carboxylic acids is 1. The van der Waals surface area contributed by atoms with Crippen molar-refractivity contribution in [3.05, 3.63) is 35.4 Å². The zero-order valence-electron chi connectivity index (χ0n) is 8.92. The monoisotopic (exact) mass is 317 g/mol. The zero-order valence-corrected chi connectivity index (χ0v) is 11.1. The summed E-state index contributed by atoms with van der Waals surface area (Å²) >= 11 is 2.38. The lowest BCUT2D eigenvalue weighted by Crippen LogP contribution is -2.17. The van der Waals surface area contributed by atoms with Crippen LogP contribution in [0.3, 0.4) is 0 Å². The van der Waals surface area contributed by atoms with Crippen LogP contribution in [0, 0.1) is 0 Å². The van der Waals surface area contributed by atoms with Crippen LogP contribution in [0.15, 0.2) is 24.3 Å². The molecule has 1 N–H and O–H groups in total. The molecule has 82 valence electrons. The second-order valence-corrected chi connectivity index (χ2v) is 4.51. The van der Waals surface area contributed by atoms with E-state index in [2.05, 4.69) is 52.2 Å². The molecule has 15 heavy (non-hydrogen) atoms. The molecule has 0 aliphatic carbocycles. The van der Waals surface area contributed by atoms with E-state index in [1.165, 1.54) is 11.1 Å². The van der Waals surface area contributed by atoms with Gasteiger partial charge in [0.2, 0.25) is 5.91 Å². The average molecular weight is 317 g/mol. The number of benzene rings is 1. The van der Waals surface area contributed by atoms with E-state index in [0.717, 1.165) is 17.3 Å². The Morgan fingerprint density at radius 1 is 1.33 bits per heavy atom. The van der Waals surface area contributed by atoms with Gasteiger partial charge in [-0.1, -0.05) is 46.9 Å². The minimum absolute atomic E-state index is 0.106. The molecule has 0 saturated carbocycles. The van der Waals surface area contributed by atoms with Crippen molar-refractivity contribution < 1.29 is 4.79 Å². The van der Waals surface area contributed by atoms with Crippen LogP contribution in [0.2, 0.25) is 0 Å². The summed E-state index contributed by atoms with van der Waals surface area (Å²) in [6, 6.07) is 8.49. The van der Waals surface area contributed by atoms with E-state index in [0.29, 0.717) is 6.42 Å². The maximum atomic E-state index is 11.1. The minimum atomic E-state index is 0.106. The van der Waals surface area contributed by atoms with E-state index in [1.807, 2.05) is 0 Å². The highest BCUT2D eigenvalue weighted by Gasteiger charge is 2.00. The van der Waals surface area contributed by atoms with Gasteiger partial charge in [-0.15, -0.1) is 0 Å². The SMILES string of the molecule is CNC(=O)CCc1cccc(CCI)c1. The van der Waals surface area contributed by atoms with Crippen LogP contribution >= 0.6 is 22.6 Å². The highest BCUT2D eigenvalue weighted by molar-refractivity contribution is 14.1. The highest BCUT2D eigenvalue weighted by Crippen LogP contribution is 2.09. The van der Waals surface area contributed by atoms with Crippen LogP contribution < -0.4 is 5.32 Å². The molecule has 0 atom stereocenters. The van der Waals surface area contributed by atoms with Gasteiger partial charge in [-0.2, -0.15) is 0 Å². The minimum Gasteiger partial charge on any atom is -0.359 e. The molecule has 1 rings (SSSR count). The lowest BCUT2D eigenvalue weighted by molar-refractivity contribution is -0.120. The molecule has 0 bridgehead atoms. The summed E-state index contributed by atoms with van der Waals surface area (Å²) in [7, 11) is 1.68. The van der Waals surface area contributed by atoms with E-state index in [4.69, 9.17) is 0 Å². The van der Waals surface area contributed by atoms with Gasteiger partial charge in [-0.05, 0) is 24.0 Å². The van der Waals surface area contributed by atoms with Crippen LogP contribution in [-0.2, 0) is 17.6 Å². The molecule has 0 spiro atoms. The molecular weight excluding hydrogens is 301 g/mol. The first-order valence-corrected chi connectivity index (χ1v) is 6.63. The van der Waals surface area contributed by atoms with E-state index in [9.17, 15) is 4.79 Å². The molecule has 0 radical (unpaired) electrons. The van der Waals surface area contributed by atoms with Crippen molar-refractivity contribution in [2.45, 2.75) is 19.3 Å². The number of rotatable bonds is 5.